The summed E-state index contributed by atoms with van der Waals surface area (Å²) in [6, 6.07) is 23.7. The molecule has 3 rings (SSSR count). The number of hydrogen-bond acceptors (Lipinski definition) is 5. The molecule has 0 aliphatic heterocycles. The molecular weight excluding hydrogens is 550 g/mol. The minimum Gasteiger partial charge on any atom is -0.497 e. The van der Waals surface area contributed by atoms with E-state index in [-0.39, 0.29) is 37.7 Å². The number of carbonyl (C=O) groups is 2. The highest BCUT2D eigenvalue weighted by Crippen LogP contribution is 2.24. The Labute approximate surface area is 250 Å². The molecule has 1 N–H and O–H groups in total. The molecular formula is C33H43N3O5S. The van der Waals surface area contributed by atoms with Crippen LogP contribution in [0.25, 0.3) is 0 Å². The van der Waals surface area contributed by atoms with Gasteiger partial charge in [0, 0.05) is 38.5 Å². The second-order valence-corrected chi connectivity index (χ2v) is 12.4. The predicted molar refractivity (Wildman–Crippen MR) is 168 cm³/mol. The van der Waals surface area contributed by atoms with E-state index in [1.807, 2.05) is 61.5 Å². The lowest BCUT2D eigenvalue weighted by Crippen LogP contribution is -2.50. The number of methoxy groups -OCH3 is 1. The van der Waals surface area contributed by atoms with Gasteiger partial charge in [-0.2, -0.15) is 0 Å². The summed E-state index contributed by atoms with van der Waals surface area (Å²) in [6.07, 6.45) is 3.67. The third-order valence-electron chi connectivity index (χ3n) is 7.07. The number of ether oxygens (including phenoxy) is 1. The molecule has 0 saturated heterocycles. The van der Waals surface area contributed by atoms with Gasteiger partial charge in [-0.1, -0.05) is 79.6 Å². The molecule has 3 aromatic carbocycles. The van der Waals surface area contributed by atoms with Crippen LogP contribution in [0.15, 0.2) is 78.9 Å². The number of benzene rings is 3. The van der Waals surface area contributed by atoms with Gasteiger partial charge in [-0.05, 0) is 43.0 Å². The molecule has 3 aromatic rings. The number of unbranched alkanes of at least 4 members (excludes halogenated alkanes) is 1. The van der Waals surface area contributed by atoms with Crippen molar-refractivity contribution < 1.29 is 22.7 Å². The van der Waals surface area contributed by atoms with E-state index in [0.717, 1.165) is 35.8 Å². The Balaban J connectivity index is 1.86. The summed E-state index contributed by atoms with van der Waals surface area (Å²) in [4.78, 5) is 29.1. The maximum absolute atomic E-state index is 13.9. The number of nitrogens with one attached hydrogen (secondary N) is 1. The number of amides is 2. The van der Waals surface area contributed by atoms with Crippen molar-refractivity contribution in [1.29, 1.82) is 0 Å². The fraction of sp³-hybridized carbons (Fsp3) is 0.394. The van der Waals surface area contributed by atoms with Gasteiger partial charge in [-0.3, -0.25) is 13.9 Å². The lowest BCUT2D eigenvalue weighted by molar-refractivity contribution is -0.141. The van der Waals surface area contributed by atoms with Crippen LogP contribution in [-0.4, -0.2) is 57.6 Å². The Morgan fingerprint density at radius 1 is 0.929 bits per heavy atom. The number of carbonyl (C=O) groups excluding carboxylic acids is 2. The van der Waals surface area contributed by atoms with Gasteiger partial charge in [0.15, 0.2) is 0 Å². The molecule has 0 saturated carbocycles. The zero-order valence-electron chi connectivity index (χ0n) is 25.1. The van der Waals surface area contributed by atoms with E-state index in [2.05, 4.69) is 12.2 Å². The van der Waals surface area contributed by atoms with Crippen LogP contribution >= 0.6 is 0 Å². The number of sulfonamides is 1. The van der Waals surface area contributed by atoms with Crippen molar-refractivity contribution in [2.75, 3.05) is 30.8 Å². The van der Waals surface area contributed by atoms with Gasteiger partial charge in [0.1, 0.15) is 11.8 Å². The van der Waals surface area contributed by atoms with Crippen molar-refractivity contribution >= 4 is 27.5 Å². The van der Waals surface area contributed by atoms with Gasteiger partial charge in [0.2, 0.25) is 21.8 Å². The molecule has 9 heteroatoms. The van der Waals surface area contributed by atoms with Crippen molar-refractivity contribution in [1.82, 2.24) is 10.2 Å². The normalized spacial score (nSPS) is 11.9. The van der Waals surface area contributed by atoms with E-state index in [1.165, 1.54) is 11.4 Å². The van der Waals surface area contributed by atoms with Crippen LogP contribution in [0.5, 0.6) is 5.75 Å². The van der Waals surface area contributed by atoms with Crippen molar-refractivity contribution in [2.45, 2.75) is 58.5 Å². The fourth-order valence-electron chi connectivity index (χ4n) is 4.72. The van der Waals surface area contributed by atoms with E-state index in [0.29, 0.717) is 24.4 Å². The van der Waals surface area contributed by atoms with E-state index in [4.69, 9.17) is 4.74 Å². The van der Waals surface area contributed by atoms with Crippen LogP contribution < -0.4 is 14.4 Å². The smallest absolute Gasteiger partial charge is 0.243 e. The zero-order chi connectivity index (χ0) is 30.5. The lowest BCUT2D eigenvalue weighted by Gasteiger charge is -2.32. The largest absolute Gasteiger partial charge is 0.497 e. The van der Waals surface area contributed by atoms with Gasteiger partial charge in [0.25, 0.3) is 0 Å². The maximum atomic E-state index is 13.9. The molecule has 0 bridgehead atoms. The molecule has 0 spiro atoms. The van der Waals surface area contributed by atoms with E-state index in [1.54, 1.807) is 29.2 Å². The van der Waals surface area contributed by atoms with Crippen LogP contribution in [0.2, 0.25) is 0 Å². The van der Waals surface area contributed by atoms with Crippen LogP contribution in [0.3, 0.4) is 0 Å². The quantitative estimate of drug-likeness (QED) is 0.233. The van der Waals surface area contributed by atoms with Crippen LogP contribution in [0.4, 0.5) is 5.69 Å². The highest BCUT2D eigenvalue weighted by molar-refractivity contribution is 7.92. The molecule has 226 valence electrons. The first kappa shape index (κ1) is 32.7. The number of anilines is 1. The van der Waals surface area contributed by atoms with Crippen molar-refractivity contribution in [3.63, 3.8) is 0 Å². The van der Waals surface area contributed by atoms with E-state index >= 15 is 0 Å². The summed E-state index contributed by atoms with van der Waals surface area (Å²) in [6.45, 7) is 4.98. The van der Waals surface area contributed by atoms with Crippen LogP contribution in [-0.2, 0) is 32.6 Å². The monoisotopic (exact) mass is 593 g/mol. The summed E-state index contributed by atoms with van der Waals surface area (Å²) >= 11 is 0. The van der Waals surface area contributed by atoms with Crippen molar-refractivity contribution in [2.24, 2.45) is 0 Å². The Kier molecular flexibility index (Phi) is 12.4. The van der Waals surface area contributed by atoms with Gasteiger partial charge in [-0.25, -0.2) is 8.42 Å². The second kappa shape index (κ2) is 16.0. The number of nitrogens with zero attached hydrogens (tertiary/aromatic N) is 2. The summed E-state index contributed by atoms with van der Waals surface area (Å²) in [5.41, 5.74) is 3.45. The molecule has 0 radical (unpaired) electrons. The van der Waals surface area contributed by atoms with Gasteiger partial charge in [-0.15, -0.1) is 0 Å². The van der Waals surface area contributed by atoms with E-state index < -0.39 is 16.1 Å². The first-order chi connectivity index (χ1) is 20.1. The topological polar surface area (TPSA) is 96.0 Å². The van der Waals surface area contributed by atoms with Crippen molar-refractivity contribution in [3.8, 4) is 5.75 Å². The molecule has 0 heterocycles. The van der Waals surface area contributed by atoms with Crippen LogP contribution in [0, 0.1) is 6.92 Å². The Bertz CT molecular complexity index is 1390. The molecule has 0 fully saturated rings. The second-order valence-electron chi connectivity index (χ2n) is 10.5. The average Bonchev–Trinajstić information content (AvgIpc) is 2.98. The summed E-state index contributed by atoms with van der Waals surface area (Å²) in [5, 5.41) is 3.03. The number of aryl methyl sites for hydroxylation is 1. The number of hydrogen-bond donors (Lipinski definition) is 1. The zero-order valence-corrected chi connectivity index (χ0v) is 25.9. The molecule has 0 aliphatic rings. The molecule has 2 amide bonds. The third kappa shape index (κ3) is 9.91. The fourth-order valence-corrected chi connectivity index (χ4v) is 5.68. The minimum absolute atomic E-state index is 0.0787. The Morgan fingerprint density at radius 3 is 2.29 bits per heavy atom. The predicted octanol–water partition coefficient (Wildman–Crippen LogP) is 5.11. The Morgan fingerprint density at radius 2 is 1.64 bits per heavy atom. The third-order valence-corrected chi connectivity index (χ3v) is 8.26. The van der Waals surface area contributed by atoms with Gasteiger partial charge < -0.3 is 15.0 Å². The SMILES string of the molecule is CCCCNC(=O)[C@@H](Cc1ccccc1)N(Cc1ccc(C)cc1)C(=O)CCCN(c1cccc(OC)c1)S(C)(=O)=O. The molecule has 0 unspecified atom stereocenters. The summed E-state index contributed by atoms with van der Waals surface area (Å²) in [7, 11) is -2.09. The standard InChI is InChI=1S/C33H43N3O5S/c1-5-6-21-34-33(38)31(23-27-12-8-7-9-13-27)35(25-28-19-17-26(2)18-20-28)32(37)16-11-22-36(42(4,39)40)29-14-10-15-30(24-29)41-3/h7-10,12-15,17-20,24,31H,5-6,11,16,21-23,25H2,1-4H3,(H,34,38)/t31-/m1/s1. The first-order valence-corrected chi connectivity index (χ1v) is 16.3. The lowest BCUT2D eigenvalue weighted by atomic mass is 10.0. The maximum Gasteiger partial charge on any atom is 0.243 e. The van der Waals surface area contributed by atoms with Gasteiger partial charge in [0.05, 0.1) is 19.1 Å². The van der Waals surface area contributed by atoms with Crippen LogP contribution in [0.1, 0.15) is 49.3 Å². The molecule has 1 atom stereocenters. The number of rotatable bonds is 16. The average molecular weight is 594 g/mol. The first-order valence-electron chi connectivity index (χ1n) is 14.4. The highest BCUT2D eigenvalue weighted by atomic mass is 32.2. The summed E-state index contributed by atoms with van der Waals surface area (Å²) < 4.78 is 31.9. The molecule has 0 aliphatic carbocycles. The minimum atomic E-state index is -3.61. The van der Waals surface area contributed by atoms with Gasteiger partial charge >= 0.3 is 0 Å². The van der Waals surface area contributed by atoms with E-state index in [9.17, 15) is 18.0 Å². The molecule has 8 nitrogen and oxygen atoms in total. The summed E-state index contributed by atoms with van der Waals surface area (Å²) in [5.74, 6) is 0.141. The highest BCUT2D eigenvalue weighted by Gasteiger charge is 2.30. The molecule has 0 aromatic heterocycles. The van der Waals surface area contributed by atoms with Crippen molar-refractivity contribution in [3.05, 3.63) is 95.6 Å². The Hall–Kier alpha value is -3.85. The molecule has 42 heavy (non-hydrogen) atoms.